The van der Waals surface area contributed by atoms with E-state index in [1.807, 2.05) is 13.0 Å². The molecule has 0 aliphatic rings. The fourth-order valence-electron chi connectivity index (χ4n) is 1.61. The predicted molar refractivity (Wildman–Crippen MR) is 93.8 cm³/mol. The first-order chi connectivity index (χ1) is 9.08. The molecule has 0 radical (unpaired) electrons. The molecule has 0 spiro atoms. The van der Waals surface area contributed by atoms with Crippen molar-refractivity contribution in [2.24, 2.45) is 0 Å². The third-order valence-electron chi connectivity index (χ3n) is 4.01. The number of aryl methyl sites for hydroxylation is 1. The Hall–Kier alpha value is -0.213. The second-order valence-corrected chi connectivity index (χ2v) is 16.1. The molecule has 1 aromatic heterocycles. The Kier molecular flexibility index (Phi) is 4.89. The van der Waals surface area contributed by atoms with E-state index in [4.69, 9.17) is 4.78 Å². The summed E-state index contributed by atoms with van der Waals surface area (Å²) in [6.07, 6.45) is 0. The number of nitrogens with one attached hydrogen (secondary N) is 2. The van der Waals surface area contributed by atoms with E-state index in [2.05, 4.69) is 38.3 Å². The number of hydrogen-bond donors (Lipinski definition) is 3. The molecule has 0 saturated carbocycles. The molecular weight excluding hydrogens is 320 g/mol. The maximum absolute atomic E-state index is 12.9. The van der Waals surface area contributed by atoms with Crippen molar-refractivity contribution in [3.05, 3.63) is 16.5 Å². The Morgan fingerprint density at radius 2 is 1.76 bits per heavy atom. The van der Waals surface area contributed by atoms with Gasteiger partial charge in [-0.2, -0.15) is 0 Å². The Morgan fingerprint density at radius 3 is 2.10 bits per heavy atom. The van der Waals surface area contributed by atoms with Crippen LogP contribution in [0.4, 0.5) is 0 Å². The van der Waals surface area contributed by atoms with Gasteiger partial charge in [-0.3, -0.25) is 0 Å². The zero-order valence-corrected chi connectivity index (χ0v) is 16.9. The highest BCUT2D eigenvalue weighted by Gasteiger charge is 2.39. The van der Waals surface area contributed by atoms with Crippen molar-refractivity contribution in [2.45, 2.75) is 69.5 Å². The van der Waals surface area contributed by atoms with E-state index in [1.165, 1.54) is 11.3 Å². The average molecular weight is 349 g/mol. The van der Waals surface area contributed by atoms with Crippen LogP contribution in [0.5, 0.6) is 0 Å². The summed E-state index contributed by atoms with van der Waals surface area (Å²) in [7, 11) is -5.10. The van der Waals surface area contributed by atoms with Crippen molar-refractivity contribution in [3.8, 4) is 0 Å². The second kappa shape index (κ2) is 5.45. The van der Waals surface area contributed by atoms with Gasteiger partial charge in [0.05, 0.1) is 5.60 Å². The lowest BCUT2D eigenvalue weighted by atomic mass is 10.1. The van der Waals surface area contributed by atoms with Gasteiger partial charge in [-0.15, -0.1) is 11.3 Å². The molecule has 3 N–H and O–H groups in total. The van der Waals surface area contributed by atoms with Gasteiger partial charge in [0.25, 0.3) is 0 Å². The Bertz CT molecular complexity index is 620. The Morgan fingerprint density at radius 1 is 1.29 bits per heavy atom. The summed E-state index contributed by atoms with van der Waals surface area (Å²) in [4.78, 5) is 0.743. The molecule has 0 fully saturated rings. The van der Waals surface area contributed by atoms with Gasteiger partial charge in [-0.25, -0.2) is 13.4 Å². The summed E-state index contributed by atoms with van der Waals surface area (Å²) in [6, 6.07) is 1.83. The van der Waals surface area contributed by atoms with Crippen molar-refractivity contribution in [3.63, 3.8) is 0 Å². The van der Waals surface area contributed by atoms with Gasteiger partial charge >= 0.3 is 0 Å². The first-order valence-corrected chi connectivity index (χ1v) is 12.4. The minimum absolute atomic E-state index is 0.000946. The van der Waals surface area contributed by atoms with Crippen LogP contribution in [0, 0.1) is 11.7 Å². The maximum atomic E-state index is 12.9. The van der Waals surface area contributed by atoms with Crippen LogP contribution in [-0.2, 0) is 15.5 Å². The van der Waals surface area contributed by atoms with Crippen molar-refractivity contribution in [2.75, 3.05) is 0 Å². The minimum Gasteiger partial charge on any atom is -0.385 e. The molecule has 0 amide bonds. The fraction of sp³-hybridized carbons (Fsp3) is 0.714. The summed E-state index contributed by atoms with van der Waals surface area (Å²) < 4.78 is 25.0. The zero-order chi connectivity index (χ0) is 16.9. The minimum atomic E-state index is -3.05. The normalized spacial score (nSPS) is 16.8. The SMILES string of the molecule is Cc1cc(C(C)(C)O)sc1S(=N)(=O)N[Si](C)(C)C(C)(C)C. The summed E-state index contributed by atoms with van der Waals surface area (Å²) in [5.74, 6) is 0. The molecule has 21 heavy (non-hydrogen) atoms. The van der Waals surface area contributed by atoms with Crippen LogP contribution >= 0.6 is 11.3 Å². The van der Waals surface area contributed by atoms with Crippen LogP contribution in [0.25, 0.3) is 0 Å². The smallest absolute Gasteiger partial charge is 0.140 e. The van der Waals surface area contributed by atoms with E-state index in [1.54, 1.807) is 13.8 Å². The third-order valence-corrected chi connectivity index (χ3v) is 14.1. The highest BCUT2D eigenvalue weighted by Crippen LogP contribution is 2.38. The van der Waals surface area contributed by atoms with Crippen molar-refractivity contribution in [1.29, 1.82) is 4.78 Å². The van der Waals surface area contributed by atoms with E-state index in [-0.39, 0.29) is 5.04 Å². The first-order valence-electron chi connectivity index (χ1n) is 6.99. The van der Waals surface area contributed by atoms with E-state index in [0.29, 0.717) is 4.21 Å². The molecule has 7 heteroatoms. The third kappa shape index (κ3) is 4.16. The van der Waals surface area contributed by atoms with Gasteiger partial charge in [0.1, 0.15) is 22.4 Å². The Labute approximate surface area is 134 Å². The number of rotatable bonds is 4. The monoisotopic (exact) mass is 348 g/mol. The maximum Gasteiger partial charge on any atom is 0.140 e. The van der Waals surface area contributed by atoms with Gasteiger partial charge in [0.15, 0.2) is 0 Å². The van der Waals surface area contributed by atoms with Crippen molar-refractivity contribution in [1.82, 2.24) is 4.39 Å². The van der Waals surface area contributed by atoms with Crippen LogP contribution in [0.15, 0.2) is 10.3 Å². The van der Waals surface area contributed by atoms with Gasteiger partial charge in [-0.05, 0) is 37.4 Å². The molecule has 0 bridgehead atoms. The molecule has 4 nitrogen and oxygen atoms in total. The topological polar surface area (TPSA) is 73.2 Å². The van der Waals surface area contributed by atoms with Gasteiger partial charge in [0, 0.05) is 4.88 Å². The van der Waals surface area contributed by atoms with Gasteiger partial charge < -0.3 is 5.11 Å². The van der Waals surface area contributed by atoms with E-state index < -0.39 is 23.8 Å². The molecule has 122 valence electrons. The fourth-order valence-corrected chi connectivity index (χ4v) is 8.61. The highest BCUT2D eigenvalue weighted by atomic mass is 32.2. The molecule has 0 saturated heterocycles. The zero-order valence-electron chi connectivity index (χ0n) is 14.2. The van der Waals surface area contributed by atoms with E-state index in [9.17, 15) is 9.32 Å². The molecule has 1 unspecified atom stereocenters. The molecule has 0 aromatic carbocycles. The first kappa shape index (κ1) is 18.8. The van der Waals surface area contributed by atoms with Gasteiger partial charge in [-0.1, -0.05) is 33.9 Å². The van der Waals surface area contributed by atoms with Crippen LogP contribution < -0.4 is 4.39 Å². The second-order valence-electron chi connectivity index (χ2n) is 7.67. The highest BCUT2D eigenvalue weighted by molar-refractivity contribution is 7.94. The quantitative estimate of drug-likeness (QED) is 0.713. The van der Waals surface area contributed by atoms with Crippen molar-refractivity contribution < 1.29 is 9.32 Å². The largest absolute Gasteiger partial charge is 0.385 e. The molecule has 1 aromatic rings. The lowest BCUT2D eigenvalue weighted by Gasteiger charge is -2.37. The van der Waals surface area contributed by atoms with Gasteiger partial charge in [0.2, 0.25) is 0 Å². The summed E-state index contributed by atoms with van der Waals surface area (Å²) >= 11 is 1.27. The molecule has 1 rings (SSSR count). The van der Waals surface area contributed by atoms with E-state index >= 15 is 0 Å². The molecular formula is C14H28N2O2S2Si. The number of thiophene rings is 1. The Balaban J connectivity index is 3.25. The van der Waals surface area contributed by atoms with Crippen LogP contribution in [0.3, 0.4) is 0 Å². The molecule has 1 heterocycles. The van der Waals surface area contributed by atoms with Crippen LogP contribution in [0.2, 0.25) is 18.1 Å². The summed E-state index contributed by atoms with van der Waals surface area (Å²) in [6.45, 7) is 15.8. The average Bonchev–Trinajstić information content (AvgIpc) is 2.56. The van der Waals surface area contributed by atoms with Crippen LogP contribution in [-0.4, -0.2) is 17.6 Å². The van der Waals surface area contributed by atoms with Crippen LogP contribution in [0.1, 0.15) is 45.1 Å². The lowest BCUT2D eigenvalue weighted by Crippen LogP contribution is -2.54. The molecule has 1 atom stereocenters. The number of aliphatic hydroxyl groups is 1. The standard InChI is InChI=1S/C14H28N2O2S2Si/c1-10-9-11(14(5,6)17)19-12(10)20(15,18)16-21(7,8)13(2,3)4/h9,17H,1-8H3,(H2,15,16,18). The summed E-state index contributed by atoms with van der Waals surface area (Å²) in [5, 5.41) is 10.1. The van der Waals surface area contributed by atoms with E-state index in [0.717, 1.165) is 10.4 Å². The molecule has 0 aliphatic heterocycles. The summed E-state index contributed by atoms with van der Waals surface area (Å²) in [5.41, 5.74) is -0.163. The predicted octanol–water partition coefficient (Wildman–Crippen LogP) is 4.20. The van der Waals surface area contributed by atoms with Crippen molar-refractivity contribution >= 4 is 29.5 Å². The lowest BCUT2D eigenvalue weighted by molar-refractivity contribution is 0.0825. The number of hydrogen-bond acceptors (Lipinski definition) is 4. The molecule has 0 aliphatic carbocycles.